The number of imidazole rings is 1. The maximum absolute atomic E-state index is 12.4. The first-order chi connectivity index (χ1) is 14.3. The highest BCUT2D eigenvalue weighted by molar-refractivity contribution is 7.82. The fourth-order valence-electron chi connectivity index (χ4n) is 3.48. The summed E-state index contributed by atoms with van der Waals surface area (Å²) >= 11 is 0. The van der Waals surface area contributed by atoms with Crippen LogP contribution in [0.5, 0.6) is 0 Å². The SMILES string of the molecule is Cc1ncc(-c2cnc(/C=C\C(=N)C(F)F)[nH]2)cc1N1CCCC(CNS(C)=O)C1. The molecule has 2 aromatic heterocycles. The van der Waals surface area contributed by atoms with E-state index in [1.54, 1.807) is 18.6 Å². The first kappa shape index (κ1) is 22.2. The molecular formula is C20H26F2N6OS. The van der Waals surface area contributed by atoms with Crippen LogP contribution in [0.2, 0.25) is 0 Å². The highest BCUT2D eigenvalue weighted by Crippen LogP contribution is 2.29. The van der Waals surface area contributed by atoms with Crippen LogP contribution in [0.15, 0.2) is 24.5 Å². The third-order valence-electron chi connectivity index (χ3n) is 5.06. The molecule has 3 rings (SSSR count). The molecule has 1 aliphatic rings. The van der Waals surface area contributed by atoms with Crippen molar-refractivity contribution in [1.82, 2.24) is 19.7 Å². The number of hydrogen-bond acceptors (Lipinski definition) is 5. The van der Waals surface area contributed by atoms with Gasteiger partial charge >= 0.3 is 0 Å². The number of piperidine rings is 1. The van der Waals surface area contributed by atoms with Crippen LogP contribution in [0.1, 0.15) is 24.4 Å². The number of anilines is 1. The summed E-state index contributed by atoms with van der Waals surface area (Å²) in [6, 6.07) is 2.05. The Balaban J connectivity index is 1.75. The van der Waals surface area contributed by atoms with Gasteiger partial charge in [-0.25, -0.2) is 22.7 Å². The summed E-state index contributed by atoms with van der Waals surface area (Å²) in [4.78, 5) is 14.1. The number of pyridine rings is 1. The number of aryl methyl sites for hydroxylation is 1. The van der Waals surface area contributed by atoms with Crippen LogP contribution in [-0.4, -0.2) is 57.2 Å². The van der Waals surface area contributed by atoms with Gasteiger partial charge in [-0.2, -0.15) is 0 Å². The van der Waals surface area contributed by atoms with Crippen molar-refractivity contribution < 1.29 is 13.0 Å². The van der Waals surface area contributed by atoms with Crippen molar-refractivity contribution in [3.05, 3.63) is 36.1 Å². The molecule has 3 N–H and O–H groups in total. The smallest absolute Gasteiger partial charge is 0.279 e. The Morgan fingerprint density at radius 1 is 1.47 bits per heavy atom. The lowest BCUT2D eigenvalue weighted by Gasteiger charge is -2.35. The molecule has 2 atom stereocenters. The van der Waals surface area contributed by atoms with Gasteiger partial charge in [0.2, 0.25) is 0 Å². The third-order valence-corrected chi connectivity index (χ3v) is 5.63. The second-order valence-corrected chi connectivity index (χ2v) is 8.55. The summed E-state index contributed by atoms with van der Waals surface area (Å²) in [5.41, 5.74) is 2.79. The van der Waals surface area contributed by atoms with E-state index in [0.29, 0.717) is 11.7 Å². The molecule has 10 heteroatoms. The Morgan fingerprint density at radius 3 is 3.00 bits per heavy atom. The number of nitrogens with zero attached hydrogens (tertiary/aromatic N) is 3. The Hall–Kier alpha value is -2.46. The van der Waals surface area contributed by atoms with Gasteiger partial charge in [0.25, 0.3) is 6.43 Å². The first-order valence-corrected chi connectivity index (χ1v) is 11.3. The van der Waals surface area contributed by atoms with E-state index in [0.717, 1.165) is 61.2 Å². The van der Waals surface area contributed by atoms with E-state index in [4.69, 9.17) is 5.41 Å². The molecule has 2 aromatic rings. The van der Waals surface area contributed by atoms with Gasteiger partial charge in [-0.05, 0) is 43.9 Å². The van der Waals surface area contributed by atoms with Crippen LogP contribution < -0.4 is 9.62 Å². The predicted molar refractivity (Wildman–Crippen MR) is 116 cm³/mol. The zero-order valence-electron chi connectivity index (χ0n) is 17.0. The topological polar surface area (TPSA) is 97.8 Å². The van der Waals surface area contributed by atoms with Crippen LogP contribution in [0.4, 0.5) is 14.5 Å². The number of aromatic amines is 1. The van der Waals surface area contributed by atoms with Gasteiger partial charge in [0.1, 0.15) is 5.82 Å². The van der Waals surface area contributed by atoms with Gasteiger partial charge in [-0.1, -0.05) is 0 Å². The highest BCUT2D eigenvalue weighted by atomic mass is 32.2. The largest absolute Gasteiger partial charge is 0.370 e. The summed E-state index contributed by atoms with van der Waals surface area (Å²) in [7, 11) is -1.01. The average molecular weight is 437 g/mol. The van der Waals surface area contributed by atoms with Gasteiger partial charge < -0.3 is 9.88 Å². The van der Waals surface area contributed by atoms with Gasteiger partial charge in [-0.15, -0.1) is 0 Å². The van der Waals surface area contributed by atoms with Crippen molar-refractivity contribution in [3.63, 3.8) is 0 Å². The van der Waals surface area contributed by atoms with Crippen LogP contribution in [0, 0.1) is 18.3 Å². The molecular weight excluding hydrogens is 410 g/mol. The summed E-state index contributed by atoms with van der Waals surface area (Å²) in [6.45, 7) is 4.49. The molecule has 7 nitrogen and oxygen atoms in total. The van der Waals surface area contributed by atoms with Gasteiger partial charge in [0, 0.05) is 37.7 Å². The van der Waals surface area contributed by atoms with Gasteiger partial charge in [0.05, 0.1) is 40.0 Å². The van der Waals surface area contributed by atoms with E-state index < -0.39 is 23.1 Å². The number of alkyl halides is 2. The number of rotatable bonds is 8. The van der Waals surface area contributed by atoms with E-state index in [-0.39, 0.29) is 0 Å². The maximum Gasteiger partial charge on any atom is 0.279 e. The van der Waals surface area contributed by atoms with Crippen LogP contribution in [-0.2, 0) is 11.0 Å². The molecule has 1 fully saturated rings. The Kier molecular flexibility index (Phi) is 7.43. The lowest BCUT2D eigenvalue weighted by molar-refractivity contribution is 0.226. The molecule has 0 bridgehead atoms. The maximum atomic E-state index is 12.4. The van der Waals surface area contributed by atoms with Gasteiger partial charge in [0.15, 0.2) is 0 Å². The fraction of sp³-hybridized carbons (Fsp3) is 0.450. The average Bonchev–Trinajstić information content (AvgIpc) is 3.20. The van der Waals surface area contributed by atoms with E-state index in [2.05, 4.69) is 30.6 Å². The lowest BCUT2D eigenvalue weighted by Crippen LogP contribution is -2.40. The molecule has 30 heavy (non-hydrogen) atoms. The molecule has 1 aliphatic heterocycles. The van der Waals surface area contributed by atoms with Crippen molar-refractivity contribution in [2.45, 2.75) is 26.2 Å². The number of aromatic nitrogens is 3. The second kappa shape index (κ2) is 10.0. The molecule has 0 aromatic carbocycles. The third kappa shape index (κ3) is 5.79. The van der Waals surface area contributed by atoms with Crippen molar-refractivity contribution >= 4 is 28.5 Å². The van der Waals surface area contributed by atoms with Crippen molar-refractivity contribution in [1.29, 1.82) is 5.41 Å². The van der Waals surface area contributed by atoms with E-state index in [1.807, 2.05) is 6.92 Å². The normalized spacial score (nSPS) is 18.3. The minimum absolute atomic E-state index is 0.397. The molecule has 2 unspecified atom stereocenters. The summed E-state index contributed by atoms with van der Waals surface area (Å²) in [6.07, 6.45) is 6.77. The summed E-state index contributed by atoms with van der Waals surface area (Å²) in [5.74, 6) is 0.814. The van der Waals surface area contributed by atoms with E-state index in [9.17, 15) is 13.0 Å². The fourth-order valence-corrected chi connectivity index (χ4v) is 3.95. The van der Waals surface area contributed by atoms with E-state index in [1.165, 1.54) is 6.08 Å². The molecule has 3 heterocycles. The Morgan fingerprint density at radius 2 is 2.27 bits per heavy atom. The summed E-state index contributed by atoms with van der Waals surface area (Å²) < 4.78 is 39.2. The Labute approximate surface area is 177 Å². The highest BCUT2D eigenvalue weighted by Gasteiger charge is 2.22. The van der Waals surface area contributed by atoms with Gasteiger partial charge in [-0.3, -0.25) is 10.4 Å². The Bertz CT molecular complexity index is 945. The van der Waals surface area contributed by atoms with Crippen LogP contribution in [0.25, 0.3) is 17.3 Å². The quantitative estimate of drug-likeness (QED) is 0.554. The monoisotopic (exact) mass is 436 g/mol. The zero-order chi connectivity index (χ0) is 21.7. The number of hydrogen-bond donors (Lipinski definition) is 3. The molecule has 0 radical (unpaired) electrons. The number of allylic oxidation sites excluding steroid dienone is 1. The minimum Gasteiger partial charge on any atom is -0.370 e. The molecule has 0 amide bonds. The molecule has 0 aliphatic carbocycles. The van der Waals surface area contributed by atoms with Crippen molar-refractivity contribution in [2.24, 2.45) is 5.92 Å². The minimum atomic E-state index is -2.81. The van der Waals surface area contributed by atoms with Crippen LogP contribution in [0.3, 0.4) is 0 Å². The van der Waals surface area contributed by atoms with Crippen LogP contribution >= 0.6 is 0 Å². The number of halogens is 2. The standard InChI is InChI=1S/C20H26F2N6OS/c1-13-18(28-7-3-4-14(12-28)9-26-30(2)29)8-15(10-24-13)17-11-25-19(27-17)6-5-16(23)20(21)22/h5-6,8,10-11,14,20,23,26H,3-4,7,9,12H2,1-2H3,(H,25,27)/b6-5-,23-16?. The number of H-pyrrole nitrogens is 1. The second-order valence-electron chi connectivity index (χ2n) is 7.36. The van der Waals surface area contributed by atoms with E-state index >= 15 is 0 Å². The molecule has 1 saturated heterocycles. The lowest BCUT2D eigenvalue weighted by atomic mass is 9.97. The predicted octanol–water partition coefficient (Wildman–Crippen LogP) is 3.18. The summed E-state index contributed by atoms with van der Waals surface area (Å²) in [5, 5.41) is 7.18. The van der Waals surface area contributed by atoms with Crippen molar-refractivity contribution in [2.75, 3.05) is 30.8 Å². The molecule has 0 saturated carbocycles. The first-order valence-electron chi connectivity index (χ1n) is 9.72. The van der Waals surface area contributed by atoms with Crippen molar-refractivity contribution in [3.8, 4) is 11.3 Å². The molecule has 162 valence electrons. The number of nitrogens with one attached hydrogen (secondary N) is 3. The zero-order valence-corrected chi connectivity index (χ0v) is 17.8. The molecule has 0 spiro atoms.